The summed E-state index contributed by atoms with van der Waals surface area (Å²) in [5, 5.41) is -0.459. The molecule has 0 bridgehead atoms. The number of rotatable bonds is 0. The van der Waals surface area contributed by atoms with Crippen molar-refractivity contribution >= 4 is 9.84 Å². The smallest absolute Gasteiger partial charge is 0.181 e. The minimum atomic E-state index is -3.31. The molecule has 0 saturated heterocycles. The summed E-state index contributed by atoms with van der Waals surface area (Å²) in [6.07, 6.45) is 1.23. The molecular formula is C13H17NO4S. The normalized spacial score (nSPS) is 28.3. The van der Waals surface area contributed by atoms with Gasteiger partial charge in [0.05, 0.1) is 23.4 Å². The number of benzene rings is 1. The summed E-state index contributed by atoms with van der Waals surface area (Å²) in [6, 6.07) is 3.02. The standard InChI is InChI=1S/C13H17NO4S/c1-8-5-10(14)9-6-11-12(18-4-2-3-17-11)7-13(9)19(8,15)16/h6-8,10H,2-5,14H2,1H3. The summed E-state index contributed by atoms with van der Waals surface area (Å²) in [6.45, 7) is 2.80. The van der Waals surface area contributed by atoms with E-state index in [1.165, 1.54) is 0 Å². The Morgan fingerprint density at radius 2 is 1.84 bits per heavy atom. The van der Waals surface area contributed by atoms with Crippen molar-refractivity contribution in [1.82, 2.24) is 0 Å². The highest BCUT2D eigenvalue weighted by molar-refractivity contribution is 7.92. The minimum Gasteiger partial charge on any atom is -0.490 e. The molecule has 0 saturated carbocycles. The Balaban J connectivity index is 2.20. The van der Waals surface area contributed by atoms with Gasteiger partial charge in [-0.3, -0.25) is 0 Å². The van der Waals surface area contributed by atoms with Crippen LogP contribution >= 0.6 is 0 Å². The highest BCUT2D eigenvalue weighted by Gasteiger charge is 2.36. The van der Waals surface area contributed by atoms with Gasteiger partial charge in [-0.2, -0.15) is 0 Å². The summed E-state index contributed by atoms with van der Waals surface area (Å²) < 4.78 is 35.9. The van der Waals surface area contributed by atoms with Crippen molar-refractivity contribution in [3.8, 4) is 11.5 Å². The van der Waals surface area contributed by atoms with E-state index in [9.17, 15) is 8.42 Å². The van der Waals surface area contributed by atoms with E-state index < -0.39 is 15.1 Å². The average Bonchev–Trinajstić information content (AvgIpc) is 2.59. The number of hydrogen-bond acceptors (Lipinski definition) is 5. The summed E-state index contributed by atoms with van der Waals surface area (Å²) in [4.78, 5) is 0.294. The Morgan fingerprint density at radius 3 is 2.53 bits per heavy atom. The van der Waals surface area contributed by atoms with Gasteiger partial charge in [-0.1, -0.05) is 0 Å². The van der Waals surface area contributed by atoms with Gasteiger partial charge in [0, 0.05) is 18.5 Å². The molecule has 0 amide bonds. The van der Waals surface area contributed by atoms with Crippen LogP contribution in [0.1, 0.15) is 31.4 Å². The van der Waals surface area contributed by atoms with Crippen LogP contribution < -0.4 is 15.2 Å². The maximum Gasteiger partial charge on any atom is 0.181 e. The molecule has 2 atom stereocenters. The summed E-state index contributed by atoms with van der Waals surface area (Å²) >= 11 is 0. The van der Waals surface area contributed by atoms with Gasteiger partial charge in [-0.15, -0.1) is 0 Å². The zero-order valence-electron chi connectivity index (χ0n) is 10.8. The Morgan fingerprint density at radius 1 is 1.21 bits per heavy atom. The van der Waals surface area contributed by atoms with E-state index in [-0.39, 0.29) is 6.04 Å². The number of fused-ring (bicyclic) bond motifs is 2. The van der Waals surface area contributed by atoms with Crippen molar-refractivity contribution in [2.24, 2.45) is 5.73 Å². The fourth-order valence-electron chi connectivity index (χ4n) is 2.57. The van der Waals surface area contributed by atoms with Crippen LogP contribution in [-0.4, -0.2) is 26.9 Å². The maximum absolute atomic E-state index is 12.4. The van der Waals surface area contributed by atoms with Crippen molar-refractivity contribution in [3.05, 3.63) is 17.7 Å². The van der Waals surface area contributed by atoms with Crippen LogP contribution in [0.2, 0.25) is 0 Å². The van der Waals surface area contributed by atoms with Crippen LogP contribution in [0.15, 0.2) is 17.0 Å². The largest absolute Gasteiger partial charge is 0.490 e. The SMILES string of the molecule is CC1CC(N)c2cc3c(cc2S1(=O)=O)OCCCO3. The Bertz CT molecular complexity index is 611. The molecule has 2 aliphatic heterocycles. The molecule has 0 radical (unpaired) electrons. The highest BCUT2D eigenvalue weighted by atomic mass is 32.2. The van der Waals surface area contributed by atoms with E-state index >= 15 is 0 Å². The Hall–Kier alpha value is -1.27. The van der Waals surface area contributed by atoms with E-state index in [1.54, 1.807) is 19.1 Å². The first-order valence-electron chi connectivity index (χ1n) is 6.43. The lowest BCUT2D eigenvalue weighted by atomic mass is 10.0. The molecule has 2 heterocycles. The van der Waals surface area contributed by atoms with Crippen LogP contribution in [0.25, 0.3) is 0 Å². The molecular weight excluding hydrogens is 266 g/mol. The van der Waals surface area contributed by atoms with E-state index in [0.717, 1.165) is 6.42 Å². The van der Waals surface area contributed by atoms with Crippen LogP contribution in [0.4, 0.5) is 0 Å². The van der Waals surface area contributed by atoms with Gasteiger partial charge >= 0.3 is 0 Å². The number of hydrogen-bond donors (Lipinski definition) is 1. The first kappa shape index (κ1) is 12.7. The van der Waals surface area contributed by atoms with Crippen LogP contribution in [0.5, 0.6) is 11.5 Å². The Kier molecular flexibility index (Phi) is 2.94. The van der Waals surface area contributed by atoms with Gasteiger partial charge in [0.1, 0.15) is 0 Å². The van der Waals surface area contributed by atoms with Crippen LogP contribution in [0, 0.1) is 0 Å². The molecule has 2 aliphatic rings. The molecule has 5 nitrogen and oxygen atoms in total. The third-order valence-electron chi connectivity index (χ3n) is 3.70. The van der Waals surface area contributed by atoms with Crippen LogP contribution in [-0.2, 0) is 9.84 Å². The van der Waals surface area contributed by atoms with E-state index in [2.05, 4.69) is 0 Å². The molecule has 6 heteroatoms. The van der Waals surface area contributed by atoms with E-state index in [1.807, 2.05) is 0 Å². The van der Waals surface area contributed by atoms with Crippen LogP contribution in [0.3, 0.4) is 0 Å². The van der Waals surface area contributed by atoms with Gasteiger partial charge in [-0.25, -0.2) is 8.42 Å². The molecule has 2 unspecified atom stereocenters. The second-order valence-electron chi connectivity index (χ2n) is 5.09. The van der Waals surface area contributed by atoms with E-state index in [4.69, 9.17) is 15.2 Å². The minimum absolute atomic E-state index is 0.273. The zero-order valence-corrected chi connectivity index (χ0v) is 11.6. The van der Waals surface area contributed by atoms with Gasteiger partial charge in [0.2, 0.25) is 0 Å². The topological polar surface area (TPSA) is 78.6 Å². The molecule has 104 valence electrons. The van der Waals surface area contributed by atoms with Crippen molar-refractivity contribution in [2.75, 3.05) is 13.2 Å². The molecule has 0 fully saturated rings. The number of sulfone groups is 1. The highest BCUT2D eigenvalue weighted by Crippen LogP contribution is 2.42. The van der Waals surface area contributed by atoms with Gasteiger partial charge in [0.15, 0.2) is 21.3 Å². The molecule has 0 aliphatic carbocycles. The number of ether oxygens (including phenoxy) is 2. The first-order chi connectivity index (χ1) is 9.00. The molecule has 0 aromatic heterocycles. The Labute approximate surface area is 112 Å². The molecule has 1 aromatic rings. The monoisotopic (exact) mass is 283 g/mol. The lowest BCUT2D eigenvalue weighted by molar-refractivity contribution is 0.296. The third kappa shape index (κ3) is 1.99. The average molecular weight is 283 g/mol. The van der Waals surface area contributed by atoms with Crippen molar-refractivity contribution in [2.45, 2.75) is 36.0 Å². The fraction of sp³-hybridized carbons (Fsp3) is 0.538. The molecule has 19 heavy (non-hydrogen) atoms. The zero-order chi connectivity index (χ0) is 13.6. The predicted octanol–water partition coefficient (Wildman–Crippen LogP) is 1.41. The van der Waals surface area contributed by atoms with E-state index in [0.29, 0.717) is 41.6 Å². The third-order valence-corrected chi connectivity index (χ3v) is 5.92. The summed E-state index contributed by atoms with van der Waals surface area (Å²) in [5.74, 6) is 1.09. The number of nitrogens with two attached hydrogens (primary N) is 1. The quantitative estimate of drug-likeness (QED) is 0.779. The summed E-state index contributed by atoms with van der Waals surface area (Å²) in [5.41, 5.74) is 6.71. The fourth-order valence-corrected chi connectivity index (χ4v) is 4.27. The first-order valence-corrected chi connectivity index (χ1v) is 7.98. The van der Waals surface area contributed by atoms with Crippen molar-refractivity contribution < 1.29 is 17.9 Å². The lowest BCUT2D eigenvalue weighted by Crippen LogP contribution is -2.31. The van der Waals surface area contributed by atoms with Gasteiger partial charge < -0.3 is 15.2 Å². The second kappa shape index (κ2) is 4.38. The molecule has 0 spiro atoms. The van der Waals surface area contributed by atoms with Crippen molar-refractivity contribution in [3.63, 3.8) is 0 Å². The predicted molar refractivity (Wildman–Crippen MR) is 70.2 cm³/mol. The maximum atomic E-state index is 12.4. The lowest BCUT2D eigenvalue weighted by Gasteiger charge is -2.28. The summed E-state index contributed by atoms with van der Waals surface area (Å²) in [7, 11) is -3.31. The molecule has 2 N–H and O–H groups in total. The van der Waals surface area contributed by atoms with Crippen molar-refractivity contribution in [1.29, 1.82) is 0 Å². The van der Waals surface area contributed by atoms with Gasteiger partial charge in [0.25, 0.3) is 0 Å². The van der Waals surface area contributed by atoms with Gasteiger partial charge in [-0.05, 0) is 25.0 Å². The second-order valence-corrected chi connectivity index (χ2v) is 7.42. The molecule has 3 rings (SSSR count). The molecule has 1 aromatic carbocycles.